The molecule has 0 amide bonds. The smallest absolute Gasteiger partial charge is 0.857 e. The Kier molecular flexibility index (Phi) is 16.6. The fraction of sp³-hybridized carbons (Fsp3) is 0.136. The molecule has 0 bridgehead atoms. The fourth-order valence-electron chi connectivity index (χ4n) is 6.21. The predicted octanol–water partition coefficient (Wildman–Crippen LogP) is 6.55. The molecule has 0 aliphatic heterocycles. The largest absolute Gasteiger partial charge is 2.00 e. The molecule has 8 aromatic rings. The third kappa shape index (κ3) is 11.8. The number of methoxy groups -OCH3 is 4. The number of hydrogen-bond acceptors (Lipinski definition) is 20. The summed E-state index contributed by atoms with van der Waals surface area (Å²) in [6.07, 6.45) is 2.30. The van der Waals surface area contributed by atoms with Gasteiger partial charge in [-0.05, 0) is 86.6 Å². The molecule has 0 atom stereocenters. The number of aromatic nitrogens is 8. The third-order valence-corrected chi connectivity index (χ3v) is 12.3. The van der Waals surface area contributed by atoms with E-state index in [0.717, 1.165) is 12.7 Å². The molecule has 0 saturated heterocycles. The predicted molar refractivity (Wildman–Crippen MR) is 249 cm³/mol. The number of aryl methyl sites for hydroxylation is 2. The van der Waals surface area contributed by atoms with Gasteiger partial charge in [0.15, 0.2) is 11.6 Å². The number of anilines is 2. The molecule has 369 valence electrons. The van der Waals surface area contributed by atoms with Gasteiger partial charge in [-0.2, -0.15) is 30.4 Å². The number of benzene rings is 4. The van der Waals surface area contributed by atoms with Gasteiger partial charge in [-0.25, -0.2) is 36.2 Å². The molecule has 27 heteroatoms. The van der Waals surface area contributed by atoms with Gasteiger partial charge in [0.2, 0.25) is 11.5 Å². The van der Waals surface area contributed by atoms with E-state index < -0.39 is 31.8 Å². The number of nitrogens with zero attached hydrogens (tertiary/aromatic N) is 12. The fourth-order valence-corrected chi connectivity index (χ4v) is 8.23. The Morgan fingerprint density at radius 1 is 0.493 bits per heavy atom. The molecular weight excluding hydrogens is 1010 g/mol. The average molecular weight is 1050 g/mol. The number of ether oxygens (including phenoxy) is 4. The summed E-state index contributed by atoms with van der Waals surface area (Å²) in [4.78, 5) is 15.5. The van der Waals surface area contributed by atoms with Gasteiger partial charge < -0.3 is 29.2 Å². The van der Waals surface area contributed by atoms with Crippen LogP contribution in [0, 0.1) is 13.8 Å². The monoisotopic (exact) mass is 1050 g/mol. The van der Waals surface area contributed by atoms with E-state index in [-0.39, 0.29) is 73.1 Å². The number of sulfonamides is 2. The van der Waals surface area contributed by atoms with E-state index in [1.54, 1.807) is 62.4 Å². The Morgan fingerprint density at radius 2 is 0.845 bits per heavy atom. The van der Waals surface area contributed by atoms with E-state index in [0.29, 0.717) is 34.1 Å². The second-order valence-electron chi connectivity index (χ2n) is 14.1. The van der Waals surface area contributed by atoms with Crippen LogP contribution in [0.2, 0.25) is 0 Å². The second-order valence-corrected chi connectivity index (χ2v) is 17.5. The third-order valence-electron chi connectivity index (χ3n) is 9.60. The molecule has 24 nitrogen and oxygen atoms in total. The topological polar surface area (TPSA) is 312 Å². The molecule has 71 heavy (non-hydrogen) atoms. The summed E-state index contributed by atoms with van der Waals surface area (Å²) < 4.78 is 78.9. The first kappa shape index (κ1) is 51.9. The second kappa shape index (κ2) is 22.7. The van der Waals surface area contributed by atoms with Crippen LogP contribution >= 0.6 is 0 Å². The summed E-state index contributed by atoms with van der Waals surface area (Å²) in [5.74, 6) is -0.703. The van der Waals surface area contributed by atoms with E-state index in [2.05, 4.69) is 60.0 Å². The molecule has 0 aliphatic carbocycles. The normalized spacial score (nSPS) is 11.4. The minimum absolute atomic E-state index is 0. The summed E-state index contributed by atoms with van der Waals surface area (Å²) >= 11 is 0. The minimum atomic E-state index is -4.01. The van der Waals surface area contributed by atoms with E-state index in [4.69, 9.17) is 18.9 Å². The van der Waals surface area contributed by atoms with Gasteiger partial charge in [-0.3, -0.25) is 9.44 Å². The number of nitrogens with one attached hydrogen (secondary N) is 2. The molecule has 0 spiro atoms. The average Bonchev–Trinajstić information content (AvgIpc) is 3.83. The molecular formula is C44H40CuN14O10S2. The standard InChI is InChI=1S/2C22H21N7O5S.Cu/c2*1-14-18(22(30)29(27-14)16-7-5-4-6-8-16)26-25-15-9-11-17(12-10-15)35(31,32)28-20-19(33-2)21(34-3)24-13-23-20;/h2*4-13,30H,1-3H3,(H,23,24,28);/q;;+2/p-2. The van der Waals surface area contributed by atoms with Crippen molar-refractivity contribution in [2.24, 2.45) is 20.5 Å². The van der Waals surface area contributed by atoms with Gasteiger partial charge in [0, 0.05) is 11.8 Å². The summed E-state index contributed by atoms with van der Waals surface area (Å²) in [6.45, 7) is 3.32. The Morgan fingerprint density at radius 3 is 1.17 bits per heavy atom. The molecule has 0 aliphatic rings. The molecule has 4 aromatic carbocycles. The van der Waals surface area contributed by atoms with Crippen LogP contribution in [0.3, 0.4) is 0 Å². The maximum atomic E-state index is 12.8. The van der Waals surface area contributed by atoms with E-state index in [1.165, 1.54) is 86.3 Å². The van der Waals surface area contributed by atoms with Gasteiger partial charge in [0.25, 0.3) is 31.8 Å². The Labute approximate surface area is 416 Å². The Hall–Kier alpha value is -8.52. The van der Waals surface area contributed by atoms with Crippen molar-refractivity contribution in [3.8, 4) is 46.4 Å². The molecule has 0 unspecified atom stereocenters. The number of hydrogen-bond donors (Lipinski definition) is 2. The summed E-state index contributed by atoms with van der Waals surface area (Å²) in [7, 11) is -2.57. The van der Waals surface area contributed by atoms with Crippen LogP contribution < -0.4 is 38.6 Å². The van der Waals surface area contributed by atoms with E-state index >= 15 is 0 Å². The van der Waals surface area contributed by atoms with Crippen molar-refractivity contribution in [3.05, 3.63) is 133 Å². The quantitative estimate of drug-likeness (QED) is 0.0765. The molecule has 1 radical (unpaired) electrons. The first-order valence-electron chi connectivity index (χ1n) is 20.3. The molecule has 4 aromatic heterocycles. The summed E-state index contributed by atoms with van der Waals surface area (Å²) in [6, 6.07) is 29.1. The van der Waals surface area contributed by atoms with Gasteiger partial charge in [0.1, 0.15) is 24.0 Å². The number of para-hydroxylation sites is 2. The van der Waals surface area contributed by atoms with Gasteiger partial charge >= 0.3 is 17.1 Å². The van der Waals surface area contributed by atoms with Crippen molar-refractivity contribution in [1.82, 2.24) is 39.5 Å². The SMILES string of the molecule is COc1ncnc(NS(=O)(=O)c2ccc(N=Nc3c(C)nn(-c4ccccc4)c3[O-])cc2)c1OC.COc1ncnc(NS(=O)(=O)c2ccc(N=Nc3c(C)nn(-c4ccccc4)c3[O-])cc2)c1OC.[Cu+2]. The van der Waals surface area contributed by atoms with Crippen molar-refractivity contribution in [2.75, 3.05) is 37.9 Å². The molecule has 2 N–H and O–H groups in total. The van der Waals surface area contributed by atoms with Crippen LogP contribution in [0.4, 0.5) is 34.4 Å². The maximum absolute atomic E-state index is 12.8. The number of azo groups is 2. The zero-order chi connectivity index (χ0) is 50.0. The molecule has 4 heterocycles. The first-order chi connectivity index (χ1) is 33.7. The molecule has 0 saturated carbocycles. The van der Waals surface area contributed by atoms with Crippen molar-refractivity contribution < 1.29 is 63.1 Å². The summed E-state index contributed by atoms with van der Waals surface area (Å²) in [5, 5.41) is 50.1. The van der Waals surface area contributed by atoms with Crippen LogP contribution in [0.1, 0.15) is 11.4 Å². The van der Waals surface area contributed by atoms with Gasteiger partial charge in [-0.1, -0.05) is 36.4 Å². The van der Waals surface area contributed by atoms with Crippen LogP contribution in [0.15, 0.2) is 152 Å². The van der Waals surface area contributed by atoms with Gasteiger partial charge in [0.05, 0.1) is 72.4 Å². The molecule has 0 fully saturated rings. The molecule has 8 rings (SSSR count). The zero-order valence-corrected chi connectivity index (χ0v) is 40.7. The minimum Gasteiger partial charge on any atom is -0.857 e. The summed E-state index contributed by atoms with van der Waals surface area (Å²) in [5.41, 5.74) is 2.94. The first-order valence-corrected chi connectivity index (χ1v) is 23.2. The van der Waals surface area contributed by atoms with Crippen molar-refractivity contribution in [2.45, 2.75) is 23.6 Å². The zero-order valence-electron chi connectivity index (χ0n) is 38.1. The van der Waals surface area contributed by atoms with Crippen molar-refractivity contribution in [1.29, 1.82) is 0 Å². The van der Waals surface area contributed by atoms with Crippen LogP contribution in [0.25, 0.3) is 11.4 Å². The Balaban J connectivity index is 0.000000229. The Bertz CT molecular complexity index is 3170. The van der Waals surface area contributed by atoms with Crippen LogP contribution in [-0.2, 0) is 37.1 Å². The van der Waals surface area contributed by atoms with E-state index in [9.17, 15) is 27.0 Å². The van der Waals surface area contributed by atoms with Crippen LogP contribution in [0.5, 0.6) is 35.0 Å². The van der Waals surface area contributed by atoms with Crippen molar-refractivity contribution >= 4 is 54.4 Å². The van der Waals surface area contributed by atoms with Gasteiger partial charge in [-0.15, -0.1) is 10.2 Å². The van der Waals surface area contributed by atoms with Crippen molar-refractivity contribution in [3.63, 3.8) is 0 Å². The van der Waals surface area contributed by atoms with E-state index in [1.807, 2.05) is 12.1 Å². The van der Waals surface area contributed by atoms with Crippen LogP contribution in [-0.4, -0.2) is 84.8 Å². The maximum Gasteiger partial charge on any atom is 2.00 e. The number of rotatable bonds is 16.